The first-order valence-corrected chi connectivity index (χ1v) is 5.11. The van der Waals surface area contributed by atoms with Gasteiger partial charge in [0.25, 0.3) is 5.89 Å². The van der Waals surface area contributed by atoms with Crippen LogP contribution in [0.25, 0.3) is 11.5 Å². The van der Waals surface area contributed by atoms with Crippen LogP contribution in [0.4, 0.5) is 0 Å². The van der Waals surface area contributed by atoms with E-state index < -0.39 is 0 Å². The van der Waals surface area contributed by atoms with E-state index in [0.717, 1.165) is 17.0 Å². The van der Waals surface area contributed by atoms with E-state index in [0.29, 0.717) is 18.3 Å². The molecule has 16 heavy (non-hydrogen) atoms. The minimum Gasteiger partial charge on any atom is -0.334 e. The highest BCUT2D eigenvalue weighted by Gasteiger charge is 2.17. The number of aryl methyl sites for hydroxylation is 2. The third kappa shape index (κ3) is 1.71. The first kappa shape index (κ1) is 10.8. The largest absolute Gasteiger partial charge is 0.334 e. The fraction of sp³-hybridized carbons (Fsp3) is 0.500. The summed E-state index contributed by atoms with van der Waals surface area (Å²) in [7, 11) is 3.74. The number of nitrogens with zero attached hydrogens (tertiary/aromatic N) is 4. The molecule has 0 saturated heterocycles. The quantitative estimate of drug-likeness (QED) is 0.830. The minimum atomic E-state index is 0.536. The van der Waals surface area contributed by atoms with Gasteiger partial charge in [0.15, 0.2) is 5.82 Å². The number of nitrogens with one attached hydrogen (secondary N) is 1. The maximum absolute atomic E-state index is 5.22. The van der Waals surface area contributed by atoms with Gasteiger partial charge in [-0.15, -0.1) is 0 Å². The van der Waals surface area contributed by atoms with Gasteiger partial charge in [-0.05, 0) is 20.9 Å². The van der Waals surface area contributed by atoms with Gasteiger partial charge in [-0.1, -0.05) is 5.16 Å². The van der Waals surface area contributed by atoms with E-state index in [1.54, 1.807) is 0 Å². The summed E-state index contributed by atoms with van der Waals surface area (Å²) >= 11 is 0. The molecule has 2 aromatic heterocycles. The van der Waals surface area contributed by atoms with Crippen LogP contribution < -0.4 is 5.32 Å². The highest BCUT2D eigenvalue weighted by atomic mass is 16.5. The maximum atomic E-state index is 5.22. The molecular weight excluding hydrogens is 206 g/mol. The smallest absolute Gasteiger partial charge is 0.261 e. The van der Waals surface area contributed by atoms with Gasteiger partial charge in [-0.25, -0.2) is 0 Å². The Kier molecular flexibility index (Phi) is 2.74. The molecule has 86 valence electrons. The summed E-state index contributed by atoms with van der Waals surface area (Å²) in [6.45, 7) is 4.52. The zero-order valence-electron chi connectivity index (χ0n) is 9.90. The second-order valence-corrected chi connectivity index (χ2v) is 3.72. The number of hydrogen-bond acceptors (Lipinski definition) is 5. The average molecular weight is 221 g/mol. The lowest BCUT2D eigenvalue weighted by molar-refractivity contribution is 0.420. The van der Waals surface area contributed by atoms with Gasteiger partial charge in [-0.3, -0.25) is 4.68 Å². The topological polar surface area (TPSA) is 68.8 Å². The standard InChI is InChI=1S/C10H15N5O/c1-6-9(7(2)15(4)13-6)10-12-8(5-11-3)14-16-10/h11H,5H2,1-4H3. The monoisotopic (exact) mass is 221 g/mol. The molecule has 0 aliphatic rings. The van der Waals surface area contributed by atoms with Crippen LogP contribution in [0.1, 0.15) is 17.2 Å². The van der Waals surface area contributed by atoms with Gasteiger partial charge in [0.2, 0.25) is 0 Å². The molecular formula is C10H15N5O. The summed E-state index contributed by atoms with van der Waals surface area (Å²) in [5, 5.41) is 11.2. The molecule has 0 atom stereocenters. The van der Waals surface area contributed by atoms with Gasteiger partial charge in [-0.2, -0.15) is 10.1 Å². The molecule has 0 radical (unpaired) electrons. The minimum absolute atomic E-state index is 0.536. The fourth-order valence-corrected chi connectivity index (χ4v) is 1.67. The van der Waals surface area contributed by atoms with E-state index in [9.17, 15) is 0 Å². The van der Waals surface area contributed by atoms with Crippen LogP contribution in [-0.4, -0.2) is 27.0 Å². The molecule has 2 heterocycles. The summed E-state index contributed by atoms with van der Waals surface area (Å²) in [4.78, 5) is 4.31. The van der Waals surface area contributed by atoms with Crippen LogP contribution in [0.5, 0.6) is 0 Å². The van der Waals surface area contributed by atoms with E-state index in [1.165, 1.54) is 0 Å². The van der Waals surface area contributed by atoms with Gasteiger partial charge in [0.05, 0.1) is 17.8 Å². The maximum Gasteiger partial charge on any atom is 0.261 e. The zero-order valence-corrected chi connectivity index (χ0v) is 9.90. The average Bonchev–Trinajstić information content (AvgIpc) is 2.75. The third-order valence-electron chi connectivity index (χ3n) is 2.53. The molecule has 2 rings (SSSR count). The lowest BCUT2D eigenvalue weighted by Crippen LogP contribution is -2.06. The molecule has 0 aliphatic heterocycles. The van der Waals surface area contributed by atoms with Crippen LogP contribution in [0.2, 0.25) is 0 Å². The lowest BCUT2D eigenvalue weighted by Gasteiger charge is -1.94. The Morgan fingerprint density at radius 1 is 1.38 bits per heavy atom. The summed E-state index contributed by atoms with van der Waals surface area (Å²) in [6, 6.07) is 0. The molecule has 0 unspecified atom stereocenters. The number of rotatable bonds is 3. The zero-order chi connectivity index (χ0) is 11.7. The van der Waals surface area contributed by atoms with Crippen molar-refractivity contribution < 1.29 is 4.52 Å². The molecule has 0 bridgehead atoms. The summed E-state index contributed by atoms with van der Waals surface area (Å²) in [6.07, 6.45) is 0. The van der Waals surface area contributed by atoms with Crippen LogP contribution in [-0.2, 0) is 13.6 Å². The number of hydrogen-bond donors (Lipinski definition) is 1. The molecule has 2 aromatic rings. The second kappa shape index (κ2) is 4.05. The molecule has 0 fully saturated rings. The van der Waals surface area contributed by atoms with Gasteiger partial charge >= 0.3 is 0 Å². The summed E-state index contributed by atoms with van der Waals surface area (Å²) in [5.41, 5.74) is 2.86. The third-order valence-corrected chi connectivity index (χ3v) is 2.53. The SMILES string of the molecule is CNCc1noc(-c2c(C)nn(C)c2C)n1. The van der Waals surface area contributed by atoms with Crippen molar-refractivity contribution in [2.75, 3.05) is 7.05 Å². The van der Waals surface area contributed by atoms with Gasteiger partial charge < -0.3 is 9.84 Å². The normalized spacial score (nSPS) is 11.0. The first-order chi connectivity index (χ1) is 7.63. The molecule has 6 nitrogen and oxygen atoms in total. The summed E-state index contributed by atoms with van der Waals surface area (Å²) in [5.74, 6) is 1.19. The van der Waals surface area contributed by atoms with Crippen molar-refractivity contribution in [3.8, 4) is 11.5 Å². The molecule has 0 aliphatic carbocycles. The second-order valence-electron chi connectivity index (χ2n) is 3.72. The first-order valence-electron chi connectivity index (χ1n) is 5.11. The highest BCUT2D eigenvalue weighted by molar-refractivity contribution is 5.59. The molecule has 6 heteroatoms. The lowest BCUT2D eigenvalue weighted by atomic mass is 10.2. The van der Waals surface area contributed by atoms with Gasteiger partial charge in [0, 0.05) is 12.7 Å². The Hall–Kier alpha value is -1.69. The molecule has 0 saturated carbocycles. The van der Waals surface area contributed by atoms with Gasteiger partial charge in [0.1, 0.15) is 0 Å². The molecule has 1 N–H and O–H groups in total. The Labute approximate surface area is 93.7 Å². The fourth-order valence-electron chi connectivity index (χ4n) is 1.67. The predicted octanol–water partition coefficient (Wildman–Crippen LogP) is 0.806. The van der Waals surface area contributed by atoms with Crippen molar-refractivity contribution in [1.82, 2.24) is 25.2 Å². The molecule has 0 amide bonds. The Morgan fingerprint density at radius 3 is 2.69 bits per heavy atom. The van der Waals surface area contributed by atoms with E-state index >= 15 is 0 Å². The van der Waals surface area contributed by atoms with Crippen LogP contribution in [0.15, 0.2) is 4.52 Å². The van der Waals surface area contributed by atoms with Crippen molar-refractivity contribution in [2.24, 2.45) is 7.05 Å². The molecule has 0 aromatic carbocycles. The van der Waals surface area contributed by atoms with Crippen molar-refractivity contribution in [1.29, 1.82) is 0 Å². The van der Waals surface area contributed by atoms with Crippen LogP contribution in [0, 0.1) is 13.8 Å². The Bertz CT molecular complexity index is 499. The van der Waals surface area contributed by atoms with E-state index in [-0.39, 0.29) is 0 Å². The van der Waals surface area contributed by atoms with E-state index in [2.05, 4.69) is 20.6 Å². The predicted molar refractivity (Wildman–Crippen MR) is 58.7 cm³/mol. The highest BCUT2D eigenvalue weighted by Crippen LogP contribution is 2.24. The van der Waals surface area contributed by atoms with Crippen molar-refractivity contribution in [2.45, 2.75) is 20.4 Å². The van der Waals surface area contributed by atoms with Crippen LogP contribution >= 0.6 is 0 Å². The summed E-state index contributed by atoms with van der Waals surface area (Å²) < 4.78 is 7.04. The van der Waals surface area contributed by atoms with Crippen LogP contribution in [0.3, 0.4) is 0 Å². The Balaban J connectivity index is 2.42. The number of aromatic nitrogens is 4. The van der Waals surface area contributed by atoms with Crippen molar-refractivity contribution >= 4 is 0 Å². The van der Waals surface area contributed by atoms with Crippen molar-refractivity contribution in [3.05, 3.63) is 17.2 Å². The molecule has 0 spiro atoms. The van der Waals surface area contributed by atoms with Crippen molar-refractivity contribution in [3.63, 3.8) is 0 Å². The van der Waals surface area contributed by atoms with E-state index in [4.69, 9.17) is 4.52 Å². The van der Waals surface area contributed by atoms with E-state index in [1.807, 2.05) is 32.6 Å². The Morgan fingerprint density at radius 2 is 2.12 bits per heavy atom.